The minimum atomic E-state index is 0.133. The molecule has 1 atom stereocenters. The maximum Gasteiger partial charge on any atom is 0.230 e. The lowest BCUT2D eigenvalue weighted by atomic mass is 9.92. The number of imidazole rings is 1. The number of rotatable bonds is 7. The molecular formula is C20H28N4O2. The molecule has 2 heterocycles. The summed E-state index contributed by atoms with van der Waals surface area (Å²) in [6.07, 6.45) is 4.13. The molecule has 4 rings (SSSR count). The fraction of sp³-hybridized carbons (Fsp3) is 0.600. The standard InChI is InChI=1S/C20H28N4O2/c1-2-26-13-5-12-24-17-7-4-3-6-16(17)22-19(24)23-18(25)15-14-20(15)8-10-21-11-9-20/h3-4,6-7,15,21H,2,5,8-14H2,1H3,(H,22,23,25). The predicted molar refractivity (Wildman–Crippen MR) is 102 cm³/mol. The second-order valence-electron chi connectivity index (χ2n) is 7.48. The average molecular weight is 356 g/mol. The van der Waals surface area contributed by atoms with Crippen LogP contribution in [0.5, 0.6) is 0 Å². The molecule has 1 aliphatic heterocycles. The molecule has 1 saturated heterocycles. The SMILES string of the molecule is CCOCCCn1c(NC(=O)C2CC23CCNCC3)nc2ccccc21. The summed E-state index contributed by atoms with van der Waals surface area (Å²) in [4.78, 5) is 17.5. The summed E-state index contributed by atoms with van der Waals surface area (Å²) in [5.74, 6) is 0.943. The number of ether oxygens (including phenoxy) is 1. The van der Waals surface area contributed by atoms with Gasteiger partial charge >= 0.3 is 0 Å². The summed E-state index contributed by atoms with van der Waals surface area (Å²) < 4.78 is 7.58. The van der Waals surface area contributed by atoms with Crippen molar-refractivity contribution in [3.05, 3.63) is 24.3 Å². The number of aryl methyl sites for hydroxylation is 1. The van der Waals surface area contributed by atoms with E-state index in [1.165, 1.54) is 0 Å². The summed E-state index contributed by atoms with van der Waals surface area (Å²) >= 11 is 0. The second-order valence-corrected chi connectivity index (χ2v) is 7.48. The molecule has 1 saturated carbocycles. The number of para-hydroxylation sites is 2. The Hall–Kier alpha value is -1.92. The highest BCUT2D eigenvalue weighted by Gasteiger charge is 2.57. The van der Waals surface area contributed by atoms with Crippen LogP contribution in [0.2, 0.25) is 0 Å². The summed E-state index contributed by atoms with van der Waals surface area (Å²) in [5, 5.41) is 6.52. The monoisotopic (exact) mass is 356 g/mol. The van der Waals surface area contributed by atoms with Crippen LogP contribution in [0.4, 0.5) is 5.95 Å². The first kappa shape index (κ1) is 17.5. The summed E-state index contributed by atoms with van der Waals surface area (Å²) in [6.45, 7) is 6.29. The van der Waals surface area contributed by atoms with E-state index >= 15 is 0 Å². The van der Waals surface area contributed by atoms with Gasteiger partial charge in [0.2, 0.25) is 11.9 Å². The van der Waals surface area contributed by atoms with E-state index in [0.717, 1.165) is 69.6 Å². The van der Waals surface area contributed by atoms with E-state index in [1.54, 1.807) is 0 Å². The molecule has 6 heteroatoms. The van der Waals surface area contributed by atoms with Crippen LogP contribution in [0.25, 0.3) is 11.0 Å². The van der Waals surface area contributed by atoms with Crippen LogP contribution in [0, 0.1) is 11.3 Å². The number of carbonyl (C=O) groups is 1. The van der Waals surface area contributed by atoms with Gasteiger partial charge in [0.05, 0.1) is 11.0 Å². The van der Waals surface area contributed by atoms with Crippen molar-refractivity contribution in [2.24, 2.45) is 11.3 Å². The zero-order chi connectivity index (χ0) is 18.0. The number of anilines is 1. The van der Waals surface area contributed by atoms with E-state index in [9.17, 15) is 4.79 Å². The van der Waals surface area contributed by atoms with Crippen LogP contribution in [-0.2, 0) is 16.1 Å². The molecule has 26 heavy (non-hydrogen) atoms. The Morgan fingerprint density at radius 2 is 2.19 bits per heavy atom. The zero-order valence-corrected chi connectivity index (χ0v) is 15.5. The van der Waals surface area contributed by atoms with Gasteiger partial charge in [0.15, 0.2) is 0 Å². The van der Waals surface area contributed by atoms with E-state index in [2.05, 4.69) is 26.3 Å². The summed E-state index contributed by atoms with van der Waals surface area (Å²) in [6, 6.07) is 8.05. The van der Waals surface area contributed by atoms with Crippen molar-refractivity contribution < 1.29 is 9.53 Å². The lowest BCUT2D eigenvalue weighted by Crippen LogP contribution is -2.32. The van der Waals surface area contributed by atoms with Gasteiger partial charge in [0.1, 0.15) is 0 Å². The molecule has 2 aromatic rings. The first-order valence-corrected chi connectivity index (χ1v) is 9.78. The van der Waals surface area contributed by atoms with E-state index in [4.69, 9.17) is 4.74 Å². The molecule has 1 aromatic carbocycles. The van der Waals surface area contributed by atoms with Crippen LogP contribution >= 0.6 is 0 Å². The quantitative estimate of drug-likeness (QED) is 0.749. The maximum absolute atomic E-state index is 12.8. The van der Waals surface area contributed by atoms with Gasteiger partial charge in [0, 0.05) is 25.7 Å². The van der Waals surface area contributed by atoms with Gasteiger partial charge < -0.3 is 14.6 Å². The Morgan fingerprint density at radius 3 is 3.00 bits per heavy atom. The van der Waals surface area contributed by atoms with Crippen LogP contribution in [-0.4, -0.2) is 41.8 Å². The highest BCUT2D eigenvalue weighted by atomic mass is 16.5. The fourth-order valence-electron chi connectivity index (χ4n) is 4.26. The van der Waals surface area contributed by atoms with Gasteiger partial charge in [-0.25, -0.2) is 4.98 Å². The summed E-state index contributed by atoms with van der Waals surface area (Å²) in [7, 11) is 0. The van der Waals surface area contributed by atoms with Crippen LogP contribution < -0.4 is 10.6 Å². The first-order chi connectivity index (χ1) is 12.7. The number of aromatic nitrogens is 2. The third-order valence-corrected chi connectivity index (χ3v) is 5.87. The number of hydrogen-bond acceptors (Lipinski definition) is 4. The highest BCUT2D eigenvalue weighted by molar-refractivity contribution is 5.95. The molecule has 140 valence electrons. The van der Waals surface area contributed by atoms with Crippen molar-refractivity contribution in [3.63, 3.8) is 0 Å². The Morgan fingerprint density at radius 1 is 1.38 bits per heavy atom. The van der Waals surface area contributed by atoms with Crippen molar-refractivity contribution in [3.8, 4) is 0 Å². The molecule has 1 amide bonds. The van der Waals surface area contributed by atoms with Gasteiger partial charge in [-0.3, -0.25) is 10.1 Å². The van der Waals surface area contributed by atoms with Crippen LogP contribution in [0.15, 0.2) is 24.3 Å². The molecule has 2 N–H and O–H groups in total. The number of nitrogens with zero attached hydrogens (tertiary/aromatic N) is 2. The fourth-order valence-corrected chi connectivity index (χ4v) is 4.26. The lowest BCUT2D eigenvalue weighted by Gasteiger charge is -2.23. The smallest absolute Gasteiger partial charge is 0.230 e. The molecule has 1 unspecified atom stereocenters. The number of hydrogen-bond donors (Lipinski definition) is 2. The largest absolute Gasteiger partial charge is 0.382 e. The Kier molecular flexibility index (Phi) is 4.96. The predicted octanol–water partition coefficient (Wildman–Crippen LogP) is 2.79. The minimum absolute atomic E-state index is 0.133. The van der Waals surface area contributed by atoms with Gasteiger partial charge in [-0.15, -0.1) is 0 Å². The lowest BCUT2D eigenvalue weighted by molar-refractivity contribution is -0.118. The van der Waals surface area contributed by atoms with Crippen molar-refractivity contribution in [1.29, 1.82) is 0 Å². The van der Waals surface area contributed by atoms with E-state index < -0.39 is 0 Å². The van der Waals surface area contributed by atoms with Crippen molar-refractivity contribution in [2.45, 2.75) is 39.2 Å². The third-order valence-electron chi connectivity index (χ3n) is 5.87. The summed E-state index contributed by atoms with van der Waals surface area (Å²) in [5.41, 5.74) is 2.22. The van der Waals surface area contributed by atoms with Gasteiger partial charge in [-0.2, -0.15) is 0 Å². The zero-order valence-electron chi connectivity index (χ0n) is 15.5. The highest BCUT2D eigenvalue weighted by Crippen LogP contribution is 2.58. The number of piperidine rings is 1. The number of benzene rings is 1. The van der Waals surface area contributed by atoms with Crippen molar-refractivity contribution in [1.82, 2.24) is 14.9 Å². The van der Waals surface area contributed by atoms with E-state index in [1.807, 2.05) is 25.1 Å². The third kappa shape index (κ3) is 3.35. The average Bonchev–Trinajstić information content (AvgIpc) is 3.24. The maximum atomic E-state index is 12.8. The van der Waals surface area contributed by atoms with Gasteiger partial charge in [0.25, 0.3) is 0 Å². The Balaban J connectivity index is 1.49. The van der Waals surface area contributed by atoms with Gasteiger partial charge in [-0.1, -0.05) is 12.1 Å². The first-order valence-electron chi connectivity index (χ1n) is 9.78. The minimum Gasteiger partial charge on any atom is -0.382 e. The molecule has 0 bridgehead atoms. The molecule has 1 spiro atoms. The van der Waals surface area contributed by atoms with Crippen LogP contribution in [0.3, 0.4) is 0 Å². The second kappa shape index (κ2) is 7.37. The Bertz CT molecular complexity index is 779. The van der Waals surface area contributed by atoms with Crippen LogP contribution in [0.1, 0.15) is 32.6 Å². The normalized spacial score (nSPS) is 21.2. The molecule has 1 aromatic heterocycles. The van der Waals surface area contributed by atoms with Gasteiger partial charge in [-0.05, 0) is 63.2 Å². The molecule has 2 fully saturated rings. The molecule has 1 aliphatic carbocycles. The topological polar surface area (TPSA) is 68.2 Å². The number of carbonyl (C=O) groups excluding carboxylic acids is 1. The number of fused-ring (bicyclic) bond motifs is 1. The molecular weight excluding hydrogens is 328 g/mol. The van der Waals surface area contributed by atoms with Crippen molar-refractivity contribution in [2.75, 3.05) is 31.6 Å². The number of nitrogens with one attached hydrogen (secondary N) is 2. The number of amides is 1. The van der Waals surface area contributed by atoms with E-state index in [0.29, 0.717) is 5.95 Å². The molecule has 0 radical (unpaired) electrons. The van der Waals surface area contributed by atoms with E-state index in [-0.39, 0.29) is 17.2 Å². The van der Waals surface area contributed by atoms with Crippen molar-refractivity contribution >= 4 is 22.9 Å². The molecule has 6 nitrogen and oxygen atoms in total. The molecule has 2 aliphatic rings. The Labute approximate surface area is 154 Å².